The van der Waals surface area contributed by atoms with E-state index in [4.69, 9.17) is 27.9 Å². The van der Waals surface area contributed by atoms with E-state index in [1.165, 1.54) is 0 Å². The van der Waals surface area contributed by atoms with Crippen molar-refractivity contribution in [3.05, 3.63) is 93.5 Å². The van der Waals surface area contributed by atoms with Crippen molar-refractivity contribution in [3.63, 3.8) is 0 Å². The lowest BCUT2D eigenvalue weighted by atomic mass is 10.1. The third kappa shape index (κ3) is 6.08. The Hall–Kier alpha value is -3.07. The number of nitrogens with zero attached hydrogens (tertiary/aromatic N) is 1. The zero-order valence-electron chi connectivity index (χ0n) is 18.4. The van der Waals surface area contributed by atoms with E-state index in [1.807, 2.05) is 0 Å². The van der Waals surface area contributed by atoms with Gasteiger partial charge in [0, 0.05) is 5.56 Å². The Morgan fingerprint density at radius 2 is 1.65 bits per heavy atom. The van der Waals surface area contributed by atoms with Crippen LogP contribution in [-0.4, -0.2) is 33.2 Å². The molecule has 10 heteroatoms. The number of halogens is 2. The molecule has 0 aliphatic heterocycles. The second-order valence-corrected chi connectivity index (χ2v) is 9.95. The van der Waals surface area contributed by atoms with Gasteiger partial charge in [-0.25, -0.2) is 13.2 Å². The minimum Gasteiger partial charge on any atom is -0.462 e. The molecule has 0 atom stereocenters. The maximum absolute atomic E-state index is 12.7. The number of ether oxygens (including phenoxy) is 1. The summed E-state index contributed by atoms with van der Waals surface area (Å²) in [5.74, 6) is -0.963. The van der Waals surface area contributed by atoms with Gasteiger partial charge in [-0.3, -0.25) is 9.10 Å². The molecule has 0 aliphatic carbocycles. The van der Waals surface area contributed by atoms with Crippen LogP contribution in [0.3, 0.4) is 0 Å². The van der Waals surface area contributed by atoms with Crippen LogP contribution in [0.1, 0.15) is 33.2 Å². The molecule has 3 aromatic carbocycles. The molecule has 0 aliphatic rings. The SMILES string of the molecule is CCOC(=O)c1ccccc1NC(=O)c1ccc(CN(c2cccc(Cl)c2Cl)S(C)(=O)=O)cc1. The first kappa shape index (κ1) is 25.6. The Bertz CT molecular complexity index is 1310. The maximum atomic E-state index is 12.7. The van der Waals surface area contributed by atoms with Crippen molar-refractivity contribution in [3.8, 4) is 0 Å². The Labute approximate surface area is 208 Å². The predicted octanol–water partition coefficient (Wildman–Crippen LogP) is 5.39. The number of esters is 1. The quantitative estimate of drug-likeness (QED) is 0.402. The van der Waals surface area contributed by atoms with E-state index in [-0.39, 0.29) is 34.4 Å². The van der Waals surface area contributed by atoms with E-state index in [0.717, 1.165) is 10.6 Å². The predicted molar refractivity (Wildman–Crippen MR) is 134 cm³/mol. The molecule has 0 radical (unpaired) electrons. The first-order chi connectivity index (χ1) is 16.1. The summed E-state index contributed by atoms with van der Waals surface area (Å²) < 4.78 is 31.0. The summed E-state index contributed by atoms with van der Waals surface area (Å²) in [7, 11) is -3.67. The first-order valence-corrected chi connectivity index (χ1v) is 12.8. The van der Waals surface area contributed by atoms with Crippen LogP contribution in [0.5, 0.6) is 0 Å². The van der Waals surface area contributed by atoms with Gasteiger partial charge in [0.15, 0.2) is 0 Å². The molecular formula is C24H22Cl2N2O5S. The number of nitrogens with one attached hydrogen (secondary N) is 1. The molecule has 0 aromatic heterocycles. The molecule has 0 bridgehead atoms. The molecule has 3 rings (SSSR count). The molecule has 34 heavy (non-hydrogen) atoms. The number of amides is 1. The van der Waals surface area contributed by atoms with Gasteiger partial charge >= 0.3 is 5.97 Å². The lowest BCUT2D eigenvalue weighted by Gasteiger charge is -2.24. The molecule has 178 valence electrons. The fourth-order valence-corrected chi connectivity index (χ4v) is 4.51. The van der Waals surface area contributed by atoms with Gasteiger partial charge in [-0.1, -0.05) is 53.5 Å². The lowest BCUT2D eigenvalue weighted by molar-refractivity contribution is 0.0527. The summed E-state index contributed by atoms with van der Waals surface area (Å²) in [5, 5.41) is 3.08. The van der Waals surface area contributed by atoms with Gasteiger partial charge in [0.1, 0.15) is 0 Å². The van der Waals surface area contributed by atoms with Crippen molar-refractivity contribution in [1.82, 2.24) is 0 Å². The van der Waals surface area contributed by atoms with Crippen LogP contribution in [0.2, 0.25) is 10.0 Å². The van der Waals surface area contributed by atoms with Crippen LogP contribution in [0.25, 0.3) is 0 Å². The molecule has 3 aromatic rings. The summed E-state index contributed by atoms with van der Waals surface area (Å²) >= 11 is 12.3. The summed E-state index contributed by atoms with van der Waals surface area (Å²) in [5.41, 5.74) is 1.79. The van der Waals surface area contributed by atoms with Crippen LogP contribution in [0.15, 0.2) is 66.7 Å². The van der Waals surface area contributed by atoms with Crippen molar-refractivity contribution in [2.45, 2.75) is 13.5 Å². The third-order valence-corrected chi connectivity index (χ3v) is 6.75. The van der Waals surface area contributed by atoms with E-state index < -0.39 is 21.9 Å². The second kappa shape index (κ2) is 10.9. The van der Waals surface area contributed by atoms with E-state index in [9.17, 15) is 18.0 Å². The minimum atomic E-state index is -3.67. The average Bonchev–Trinajstić information content (AvgIpc) is 2.80. The van der Waals surface area contributed by atoms with Gasteiger partial charge in [0.25, 0.3) is 5.91 Å². The van der Waals surface area contributed by atoms with Crippen molar-refractivity contribution in [1.29, 1.82) is 0 Å². The van der Waals surface area contributed by atoms with Crippen molar-refractivity contribution >= 4 is 56.5 Å². The average molecular weight is 521 g/mol. The number of para-hydroxylation sites is 1. The number of benzene rings is 3. The molecule has 0 saturated heterocycles. The van der Waals surface area contributed by atoms with Gasteiger partial charge in [-0.15, -0.1) is 0 Å². The van der Waals surface area contributed by atoms with Crippen LogP contribution in [0.4, 0.5) is 11.4 Å². The second-order valence-electron chi connectivity index (χ2n) is 7.26. The fourth-order valence-electron chi connectivity index (χ4n) is 3.17. The number of carbonyl (C=O) groups excluding carboxylic acids is 2. The zero-order chi connectivity index (χ0) is 24.9. The minimum absolute atomic E-state index is 0.00745. The summed E-state index contributed by atoms with van der Waals surface area (Å²) in [6.07, 6.45) is 1.08. The zero-order valence-corrected chi connectivity index (χ0v) is 20.7. The van der Waals surface area contributed by atoms with Gasteiger partial charge in [0.05, 0.1) is 46.4 Å². The molecule has 1 amide bonds. The Balaban J connectivity index is 1.80. The highest BCUT2D eigenvalue weighted by atomic mass is 35.5. The smallest absolute Gasteiger partial charge is 0.340 e. The normalized spacial score (nSPS) is 11.1. The van der Waals surface area contributed by atoms with Crippen LogP contribution in [0, 0.1) is 0 Å². The number of carbonyl (C=O) groups is 2. The third-order valence-electron chi connectivity index (χ3n) is 4.81. The van der Waals surface area contributed by atoms with Gasteiger partial charge in [-0.2, -0.15) is 0 Å². The molecule has 0 heterocycles. The van der Waals surface area contributed by atoms with Crippen molar-refractivity contribution in [2.24, 2.45) is 0 Å². The Morgan fingerprint density at radius 3 is 2.29 bits per heavy atom. The lowest BCUT2D eigenvalue weighted by Crippen LogP contribution is -2.29. The van der Waals surface area contributed by atoms with E-state index in [2.05, 4.69) is 5.32 Å². The van der Waals surface area contributed by atoms with Crippen LogP contribution < -0.4 is 9.62 Å². The largest absolute Gasteiger partial charge is 0.462 e. The van der Waals surface area contributed by atoms with Crippen LogP contribution >= 0.6 is 23.2 Å². The highest BCUT2D eigenvalue weighted by molar-refractivity contribution is 7.92. The molecule has 0 fully saturated rings. The monoisotopic (exact) mass is 520 g/mol. The number of sulfonamides is 1. The molecule has 1 N–H and O–H groups in total. The standard InChI is InChI=1S/C24H22Cl2N2O5S/c1-3-33-24(30)18-7-4-5-9-20(18)27-23(29)17-13-11-16(12-14-17)15-28(34(2,31)32)21-10-6-8-19(25)22(21)26/h4-14H,3,15H2,1-2H3,(H,27,29). The number of rotatable bonds is 8. The van der Waals surface area contributed by atoms with E-state index in [1.54, 1.807) is 73.7 Å². The summed E-state index contributed by atoms with van der Waals surface area (Å²) in [6, 6.07) is 17.7. The molecule has 0 spiro atoms. The first-order valence-electron chi connectivity index (χ1n) is 10.2. The molecule has 7 nitrogen and oxygen atoms in total. The molecular weight excluding hydrogens is 499 g/mol. The Kier molecular flexibility index (Phi) is 8.19. The van der Waals surface area contributed by atoms with E-state index in [0.29, 0.717) is 16.8 Å². The summed E-state index contributed by atoms with van der Waals surface area (Å²) in [6.45, 7) is 1.91. The molecule has 0 unspecified atom stereocenters. The van der Waals surface area contributed by atoms with Gasteiger partial charge in [0.2, 0.25) is 10.0 Å². The topological polar surface area (TPSA) is 92.8 Å². The van der Waals surface area contributed by atoms with Gasteiger partial charge in [-0.05, 0) is 48.9 Å². The molecule has 0 saturated carbocycles. The number of hydrogen-bond donors (Lipinski definition) is 1. The maximum Gasteiger partial charge on any atom is 0.340 e. The van der Waals surface area contributed by atoms with Gasteiger partial charge < -0.3 is 10.1 Å². The number of hydrogen-bond acceptors (Lipinski definition) is 5. The fraction of sp³-hybridized carbons (Fsp3) is 0.167. The van der Waals surface area contributed by atoms with E-state index >= 15 is 0 Å². The highest BCUT2D eigenvalue weighted by Crippen LogP contribution is 2.34. The van der Waals surface area contributed by atoms with Crippen LogP contribution in [-0.2, 0) is 21.3 Å². The number of anilines is 2. The Morgan fingerprint density at radius 1 is 0.971 bits per heavy atom. The van der Waals surface area contributed by atoms with Crippen molar-refractivity contribution < 1.29 is 22.7 Å². The van der Waals surface area contributed by atoms with Crippen molar-refractivity contribution in [2.75, 3.05) is 22.5 Å². The summed E-state index contributed by atoms with van der Waals surface area (Å²) in [4.78, 5) is 24.9. The highest BCUT2D eigenvalue weighted by Gasteiger charge is 2.22.